The van der Waals surface area contributed by atoms with Gasteiger partial charge in [0.15, 0.2) is 0 Å². The molecule has 20 heavy (non-hydrogen) atoms. The van der Waals surface area contributed by atoms with Crippen LogP contribution in [0.1, 0.15) is 39.2 Å². The molecular weight excluding hydrogens is 250 g/mol. The van der Waals surface area contributed by atoms with Gasteiger partial charge in [0.1, 0.15) is 5.82 Å². The van der Waals surface area contributed by atoms with Crippen molar-refractivity contribution in [3.05, 3.63) is 23.9 Å². The van der Waals surface area contributed by atoms with E-state index in [0.29, 0.717) is 0 Å². The first-order valence-electron chi connectivity index (χ1n) is 7.35. The second kappa shape index (κ2) is 5.81. The zero-order valence-corrected chi connectivity index (χ0v) is 12.9. The quantitative estimate of drug-likeness (QED) is 0.902. The SMILES string of the molecule is Cc1ccnc(N2CCCC(C(=O)NC(C)(C)C)C2)c1. The third-order valence-electron chi connectivity index (χ3n) is 3.52. The number of piperidine rings is 1. The van der Waals surface area contributed by atoms with Gasteiger partial charge in [0, 0.05) is 24.8 Å². The van der Waals surface area contributed by atoms with Crippen LogP contribution in [0.3, 0.4) is 0 Å². The van der Waals surface area contributed by atoms with Gasteiger partial charge in [0.25, 0.3) is 0 Å². The Hall–Kier alpha value is -1.58. The molecule has 2 rings (SSSR count). The number of aromatic nitrogens is 1. The number of anilines is 1. The number of hydrogen-bond donors (Lipinski definition) is 1. The molecule has 2 heterocycles. The molecule has 0 aromatic carbocycles. The monoisotopic (exact) mass is 275 g/mol. The van der Waals surface area contributed by atoms with Gasteiger partial charge in [0.2, 0.25) is 5.91 Å². The van der Waals surface area contributed by atoms with Gasteiger partial charge >= 0.3 is 0 Å². The molecule has 1 aromatic heterocycles. The standard InChI is InChI=1S/C16H25N3O/c1-12-7-8-17-14(10-12)19-9-5-6-13(11-19)15(20)18-16(2,3)4/h7-8,10,13H,5-6,9,11H2,1-4H3,(H,18,20). The highest BCUT2D eigenvalue weighted by Gasteiger charge is 2.28. The van der Waals surface area contributed by atoms with E-state index in [0.717, 1.165) is 31.7 Å². The Morgan fingerprint density at radius 1 is 1.45 bits per heavy atom. The Morgan fingerprint density at radius 3 is 2.85 bits per heavy atom. The Kier molecular flexibility index (Phi) is 4.31. The van der Waals surface area contributed by atoms with Crippen molar-refractivity contribution in [2.45, 2.75) is 46.1 Å². The first-order valence-corrected chi connectivity index (χ1v) is 7.35. The number of carbonyl (C=O) groups excluding carboxylic acids is 1. The Morgan fingerprint density at radius 2 is 2.20 bits per heavy atom. The second-order valence-corrected chi connectivity index (χ2v) is 6.72. The molecule has 1 amide bonds. The fourth-order valence-electron chi connectivity index (χ4n) is 2.56. The van der Waals surface area contributed by atoms with Crippen LogP contribution in [0, 0.1) is 12.8 Å². The van der Waals surface area contributed by atoms with E-state index in [-0.39, 0.29) is 17.4 Å². The molecule has 0 radical (unpaired) electrons. The normalized spacial score (nSPS) is 19.8. The van der Waals surface area contributed by atoms with E-state index < -0.39 is 0 Å². The molecule has 1 aromatic rings. The summed E-state index contributed by atoms with van der Waals surface area (Å²) in [4.78, 5) is 19.0. The molecule has 1 unspecified atom stereocenters. The van der Waals surface area contributed by atoms with Crippen molar-refractivity contribution in [1.82, 2.24) is 10.3 Å². The summed E-state index contributed by atoms with van der Waals surface area (Å²) in [6.45, 7) is 9.88. The van der Waals surface area contributed by atoms with Crippen LogP contribution in [0.2, 0.25) is 0 Å². The van der Waals surface area contributed by atoms with Crippen LogP contribution in [0.15, 0.2) is 18.3 Å². The van der Waals surface area contributed by atoms with Gasteiger partial charge in [-0.25, -0.2) is 4.98 Å². The van der Waals surface area contributed by atoms with Gasteiger partial charge in [-0.3, -0.25) is 4.79 Å². The smallest absolute Gasteiger partial charge is 0.225 e. The third-order valence-corrected chi connectivity index (χ3v) is 3.52. The maximum absolute atomic E-state index is 12.3. The average molecular weight is 275 g/mol. The first-order chi connectivity index (χ1) is 9.35. The van der Waals surface area contributed by atoms with Crippen molar-refractivity contribution in [3.63, 3.8) is 0 Å². The van der Waals surface area contributed by atoms with Gasteiger partial charge < -0.3 is 10.2 Å². The summed E-state index contributed by atoms with van der Waals surface area (Å²) in [5, 5.41) is 3.09. The van der Waals surface area contributed by atoms with E-state index in [9.17, 15) is 4.79 Å². The number of nitrogens with zero attached hydrogens (tertiary/aromatic N) is 2. The molecule has 0 spiro atoms. The number of hydrogen-bond acceptors (Lipinski definition) is 3. The van der Waals surface area contributed by atoms with E-state index in [1.807, 2.05) is 33.0 Å². The van der Waals surface area contributed by atoms with E-state index in [2.05, 4.69) is 28.2 Å². The van der Waals surface area contributed by atoms with Crippen LogP contribution in [0.25, 0.3) is 0 Å². The number of nitrogens with one attached hydrogen (secondary N) is 1. The van der Waals surface area contributed by atoms with Crippen LogP contribution in [0.4, 0.5) is 5.82 Å². The first kappa shape index (κ1) is 14.8. The summed E-state index contributed by atoms with van der Waals surface area (Å²) in [7, 11) is 0. The van der Waals surface area contributed by atoms with Crippen LogP contribution < -0.4 is 10.2 Å². The van der Waals surface area contributed by atoms with Crippen molar-refractivity contribution in [2.24, 2.45) is 5.92 Å². The summed E-state index contributed by atoms with van der Waals surface area (Å²) in [5.74, 6) is 1.21. The lowest BCUT2D eigenvalue weighted by Crippen LogP contribution is -2.48. The molecule has 0 aliphatic carbocycles. The minimum Gasteiger partial charge on any atom is -0.356 e. The molecule has 4 heteroatoms. The van der Waals surface area contributed by atoms with E-state index in [1.54, 1.807) is 0 Å². The molecule has 1 aliphatic heterocycles. The predicted molar refractivity (Wildman–Crippen MR) is 81.8 cm³/mol. The zero-order chi connectivity index (χ0) is 14.8. The molecule has 4 nitrogen and oxygen atoms in total. The van der Waals surface area contributed by atoms with Gasteiger partial charge in [-0.15, -0.1) is 0 Å². The third kappa shape index (κ3) is 3.95. The number of amides is 1. The summed E-state index contributed by atoms with van der Waals surface area (Å²) in [6.07, 6.45) is 3.84. The highest BCUT2D eigenvalue weighted by atomic mass is 16.2. The number of aryl methyl sites for hydroxylation is 1. The number of pyridine rings is 1. The van der Waals surface area contributed by atoms with Crippen molar-refractivity contribution < 1.29 is 4.79 Å². The molecule has 110 valence electrons. The average Bonchev–Trinajstić information content (AvgIpc) is 2.37. The molecule has 0 saturated carbocycles. The van der Waals surface area contributed by atoms with E-state index in [1.165, 1.54) is 5.56 Å². The van der Waals surface area contributed by atoms with Crippen LogP contribution in [-0.4, -0.2) is 29.5 Å². The number of carbonyl (C=O) groups is 1. The zero-order valence-electron chi connectivity index (χ0n) is 12.9. The highest BCUT2D eigenvalue weighted by Crippen LogP contribution is 2.22. The molecule has 1 saturated heterocycles. The Bertz CT molecular complexity index is 479. The topological polar surface area (TPSA) is 45.2 Å². The lowest BCUT2D eigenvalue weighted by Gasteiger charge is -2.34. The van der Waals surface area contributed by atoms with Gasteiger partial charge in [-0.2, -0.15) is 0 Å². The molecule has 1 fully saturated rings. The van der Waals surface area contributed by atoms with Crippen LogP contribution >= 0.6 is 0 Å². The summed E-state index contributed by atoms with van der Waals surface area (Å²) in [5.41, 5.74) is 1.04. The maximum Gasteiger partial charge on any atom is 0.225 e. The van der Waals surface area contributed by atoms with Crippen LogP contribution in [0.5, 0.6) is 0 Å². The molecule has 1 atom stereocenters. The molecule has 1 aliphatic rings. The Balaban J connectivity index is 2.03. The minimum atomic E-state index is -0.166. The molecular formula is C16H25N3O. The van der Waals surface area contributed by atoms with Gasteiger partial charge in [-0.1, -0.05) is 0 Å². The van der Waals surface area contributed by atoms with Crippen molar-refractivity contribution in [3.8, 4) is 0 Å². The van der Waals surface area contributed by atoms with Crippen molar-refractivity contribution >= 4 is 11.7 Å². The molecule has 1 N–H and O–H groups in total. The number of rotatable bonds is 2. The second-order valence-electron chi connectivity index (χ2n) is 6.72. The van der Waals surface area contributed by atoms with E-state index in [4.69, 9.17) is 0 Å². The summed E-state index contributed by atoms with van der Waals surface area (Å²) < 4.78 is 0. The Labute approximate surface area is 121 Å². The predicted octanol–water partition coefficient (Wildman–Crippen LogP) is 2.52. The van der Waals surface area contributed by atoms with E-state index >= 15 is 0 Å². The maximum atomic E-state index is 12.3. The van der Waals surface area contributed by atoms with Crippen LogP contribution in [-0.2, 0) is 4.79 Å². The van der Waals surface area contributed by atoms with Gasteiger partial charge in [-0.05, 0) is 58.2 Å². The van der Waals surface area contributed by atoms with Gasteiger partial charge in [0.05, 0.1) is 5.92 Å². The minimum absolute atomic E-state index is 0.0605. The fraction of sp³-hybridized carbons (Fsp3) is 0.625. The summed E-state index contributed by atoms with van der Waals surface area (Å²) >= 11 is 0. The lowest BCUT2D eigenvalue weighted by atomic mass is 9.95. The fourth-order valence-corrected chi connectivity index (χ4v) is 2.56. The highest BCUT2D eigenvalue weighted by molar-refractivity contribution is 5.80. The molecule has 0 bridgehead atoms. The van der Waals surface area contributed by atoms with Crippen molar-refractivity contribution in [1.29, 1.82) is 0 Å². The largest absolute Gasteiger partial charge is 0.356 e. The summed E-state index contributed by atoms with van der Waals surface area (Å²) in [6, 6.07) is 4.08. The lowest BCUT2D eigenvalue weighted by molar-refractivity contribution is -0.126. The van der Waals surface area contributed by atoms with Crippen molar-refractivity contribution in [2.75, 3.05) is 18.0 Å².